The Kier molecular flexibility index (Phi) is 4.40. The monoisotopic (exact) mass is 240 g/mol. The van der Waals surface area contributed by atoms with Crippen molar-refractivity contribution in [2.24, 2.45) is 11.8 Å². The Bertz CT molecular complexity index is 254. The molecule has 1 amide bonds. The number of hydrogen-bond acceptors (Lipinski definition) is 3. The zero-order valence-electron chi connectivity index (χ0n) is 10.7. The highest BCUT2D eigenvalue weighted by Crippen LogP contribution is 2.23. The van der Waals surface area contributed by atoms with E-state index in [1.165, 1.54) is 0 Å². The first kappa shape index (κ1) is 12.8. The normalized spacial score (nSPS) is 25.9. The Balaban J connectivity index is 1.81. The molecule has 0 saturated carbocycles. The number of nitrogens with zero attached hydrogens (tertiary/aromatic N) is 1. The van der Waals surface area contributed by atoms with Gasteiger partial charge in [0.2, 0.25) is 5.91 Å². The molecule has 2 aliphatic heterocycles. The lowest BCUT2D eigenvalue weighted by molar-refractivity contribution is -0.138. The number of aliphatic hydroxyl groups excluding tert-OH is 1. The van der Waals surface area contributed by atoms with Crippen LogP contribution in [0.1, 0.15) is 32.6 Å². The maximum atomic E-state index is 12.3. The van der Waals surface area contributed by atoms with Gasteiger partial charge in [-0.2, -0.15) is 0 Å². The molecule has 1 atom stereocenters. The molecule has 2 aliphatic rings. The van der Waals surface area contributed by atoms with E-state index in [-0.39, 0.29) is 12.0 Å². The summed E-state index contributed by atoms with van der Waals surface area (Å²) in [7, 11) is 0. The van der Waals surface area contributed by atoms with Crippen molar-refractivity contribution in [3.05, 3.63) is 0 Å². The summed E-state index contributed by atoms with van der Waals surface area (Å²) >= 11 is 0. The zero-order valence-corrected chi connectivity index (χ0v) is 10.7. The van der Waals surface area contributed by atoms with Crippen molar-refractivity contribution in [3.63, 3.8) is 0 Å². The molecule has 0 aromatic rings. The van der Waals surface area contributed by atoms with Gasteiger partial charge >= 0.3 is 0 Å². The predicted molar refractivity (Wildman–Crippen MR) is 66.6 cm³/mol. The average Bonchev–Trinajstić information content (AvgIpc) is 2.39. The number of piperidine rings is 2. The van der Waals surface area contributed by atoms with Gasteiger partial charge in [-0.15, -0.1) is 0 Å². The highest BCUT2D eigenvalue weighted by molar-refractivity contribution is 5.79. The molecular formula is C13H24N2O2. The predicted octanol–water partition coefficient (Wildman–Crippen LogP) is 0.605. The Morgan fingerprint density at radius 3 is 2.35 bits per heavy atom. The molecule has 0 spiro atoms. The summed E-state index contributed by atoms with van der Waals surface area (Å²) in [6.45, 7) is 5.46. The number of hydrogen-bond donors (Lipinski definition) is 2. The first-order valence-corrected chi connectivity index (χ1v) is 6.86. The molecule has 2 rings (SSSR count). The number of carbonyl (C=O) groups excluding carboxylic acids is 1. The molecule has 0 unspecified atom stereocenters. The van der Waals surface area contributed by atoms with Gasteiger partial charge in [0, 0.05) is 19.0 Å². The third-order valence-electron chi connectivity index (χ3n) is 4.22. The van der Waals surface area contributed by atoms with Gasteiger partial charge in [0.05, 0.1) is 6.10 Å². The minimum absolute atomic E-state index is 0.230. The number of amides is 1. The highest BCUT2D eigenvalue weighted by atomic mass is 16.3. The van der Waals surface area contributed by atoms with E-state index in [1.54, 1.807) is 0 Å². The molecule has 0 aliphatic carbocycles. The zero-order chi connectivity index (χ0) is 12.3. The van der Waals surface area contributed by atoms with Crippen LogP contribution in [0.4, 0.5) is 0 Å². The number of aliphatic hydroxyl groups is 1. The summed E-state index contributed by atoms with van der Waals surface area (Å²) in [6, 6.07) is 0. The largest absolute Gasteiger partial charge is 0.393 e. The SMILES string of the molecule is C[C@H](O)C1CCN(C(=O)C2CCNCC2)CC1. The molecule has 98 valence electrons. The second-order valence-electron chi connectivity index (χ2n) is 5.43. The van der Waals surface area contributed by atoms with Gasteiger partial charge in [-0.25, -0.2) is 0 Å². The van der Waals surface area contributed by atoms with E-state index < -0.39 is 0 Å². The molecule has 0 aromatic heterocycles. The van der Waals surface area contributed by atoms with Crippen molar-refractivity contribution in [1.29, 1.82) is 0 Å². The van der Waals surface area contributed by atoms with Crippen LogP contribution >= 0.6 is 0 Å². The second kappa shape index (κ2) is 5.83. The molecule has 2 N–H and O–H groups in total. The van der Waals surface area contributed by atoms with Crippen molar-refractivity contribution >= 4 is 5.91 Å². The summed E-state index contributed by atoms with van der Waals surface area (Å²) in [5.41, 5.74) is 0. The highest BCUT2D eigenvalue weighted by Gasteiger charge is 2.30. The number of likely N-dealkylation sites (tertiary alicyclic amines) is 1. The summed E-state index contributed by atoms with van der Waals surface area (Å²) in [5, 5.41) is 12.8. The van der Waals surface area contributed by atoms with Crippen molar-refractivity contribution in [2.75, 3.05) is 26.2 Å². The van der Waals surface area contributed by atoms with Crippen LogP contribution < -0.4 is 5.32 Å². The maximum absolute atomic E-state index is 12.3. The van der Waals surface area contributed by atoms with E-state index in [9.17, 15) is 9.90 Å². The molecule has 4 heteroatoms. The van der Waals surface area contributed by atoms with E-state index in [2.05, 4.69) is 5.32 Å². The van der Waals surface area contributed by atoms with E-state index in [1.807, 2.05) is 11.8 Å². The smallest absolute Gasteiger partial charge is 0.225 e. The van der Waals surface area contributed by atoms with Crippen LogP contribution in [0.2, 0.25) is 0 Å². The number of carbonyl (C=O) groups is 1. The van der Waals surface area contributed by atoms with Crippen LogP contribution in [0.5, 0.6) is 0 Å². The Morgan fingerprint density at radius 2 is 1.82 bits per heavy atom. The van der Waals surface area contributed by atoms with Gasteiger partial charge in [-0.05, 0) is 51.6 Å². The van der Waals surface area contributed by atoms with Crippen LogP contribution in [-0.2, 0) is 4.79 Å². The maximum Gasteiger partial charge on any atom is 0.225 e. The minimum Gasteiger partial charge on any atom is -0.393 e. The van der Waals surface area contributed by atoms with E-state index in [4.69, 9.17) is 0 Å². The number of nitrogens with one attached hydrogen (secondary N) is 1. The van der Waals surface area contributed by atoms with E-state index in [0.717, 1.165) is 51.9 Å². The fraction of sp³-hybridized carbons (Fsp3) is 0.923. The third-order valence-corrected chi connectivity index (χ3v) is 4.22. The molecule has 2 heterocycles. The van der Waals surface area contributed by atoms with E-state index >= 15 is 0 Å². The van der Waals surface area contributed by atoms with Gasteiger partial charge in [-0.3, -0.25) is 4.79 Å². The van der Waals surface area contributed by atoms with Crippen LogP contribution in [0, 0.1) is 11.8 Å². The van der Waals surface area contributed by atoms with Gasteiger partial charge < -0.3 is 15.3 Å². The molecule has 0 bridgehead atoms. The van der Waals surface area contributed by atoms with Crippen molar-refractivity contribution in [2.45, 2.75) is 38.7 Å². The Morgan fingerprint density at radius 1 is 1.24 bits per heavy atom. The first-order valence-electron chi connectivity index (χ1n) is 6.86. The fourth-order valence-corrected chi connectivity index (χ4v) is 2.93. The lowest BCUT2D eigenvalue weighted by atomic mass is 9.90. The Hall–Kier alpha value is -0.610. The summed E-state index contributed by atoms with van der Waals surface area (Å²) in [5.74, 6) is 0.960. The quantitative estimate of drug-likeness (QED) is 0.743. The summed E-state index contributed by atoms with van der Waals surface area (Å²) < 4.78 is 0. The van der Waals surface area contributed by atoms with Crippen LogP contribution in [0.15, 0.2) is 0 Å². The molecule has 0 radical (unpaired) electrons. The van der Waals surface area contributed by atoms with Crippen LogP contribution in [0.3, 0.4) is 0 Å². The second-order valence-corrected chi connectivity index (χ2v) is 5.43. The van der Waals surface area contributed by atoms with Crippen molar-refractivity contribution < 1.29 is 9.90 Å². The third kappa shape index (κ3) is 3.19. The van der Waals surface area contributed by atoms with Gasteiger partial charge in [0.25, 0.3) is 0 Å². The molecule has 17 heavy (non-hydrogen) atoms. The lowest BCUT2D eigenvalue weighted by Gasteiger charge is -2.36. The molecule has 0 aromatic carbocycles. The van der Waals surface area contributed by atoms with Crippen LogP contribution in [0.25, 0.3) is 0 Å². The van der Waals surface area contributed by atoms with Crippen molar-refractivity contribution in [3.8, 4) is 0 Å². The topological polar surface area (TPSA) is 52.6 Å². The fourth-order valence-electron chi connectivity index (χ4n) is 2.93. The molecule has 4 nitrogen and oxygen atoms in total. The first-order chi connectivity index (χ1) is 8.18. The Labute approximate surface area is 103 Å². The van der Waals surface area contributed by atoms with Gasteiger partial charge in [0.15, 0.2) is 0 Å². The van der Waals surface area contributed by atoms with Gasteiger partial charge in [0.1, 0.15) is 0 Å². The molecule has 2 saturated heterocycles. The number of rotatable bonds is 2. The van der Waals surface area contributed by atoms with Gasteiger partial charge in [-0.1, -0.05) is 0 Å². The summed E-state index contributed by atoms with van der Waals surface area (Å²) in [4.78, 5) is 14.3. The lowest BCUT2D eigenvalue weighted by Crippen LogP contribution is -2.45. The van der Waals surface area contributed by atoms with Crippen LogP contribution in [-0.4, -0.2) is 48.2 Å². The molecule has 2 fully saturated rings. The minimum atomic E-state index is -0.230. The average molecular weight is 240 g/mol. The van der Waals surface area contributed by atoms with Crippen molar-refractivity contribution in [1.82, 2.24) is 10.2 Å². The summed E-state index contributed by atoms with van der Waals surface area (Å²) in [6.07, 6.45) is 3.64. The van der Waals surface area contributed by atoms with E-state index in [0.29, 0.717) is 11.8 Å². The molecular weight excluding hydrogens is 216 g/mol. The standard InChI is InChI=1S/C13H24N2O2/c1-10(16)11-4-8-15(9-5-11)13(17)12-2-6-14-7-3-12/h10-12,14,16H,2-9H2,1H3/t10-/m0/s1.